The highest BCUT2D eigenvalue weighted by atomic mass is 127. The van der Waals surface area contributed by atoms with Crippen molar-refractivity contribution in [2.45, 2.75) is 32.2 Å². The zero-order chi connectivity index (χ0) is 16.4. The number of hydrogen-bond donors (Lipinski definition) is 2. The standard InChI is InChI=1S/C17H29FN4.HI/c1-5-6-7-12-20-17(19-2)21-13-16(22(3)4)14-8-10-15(18)11-9-14;/h8-11,16H,5-7,12-13H2,1-4H3,(H2,19,20,21);1H. The van der Waals surface area contributed by atoms with Crippen LogP contribution in [-0.2, 0) is 0 Å². The molecule has 0 spiro atoms. The van der Waals surface area contributed by atoms with E-state index in [1.807, 2.05) is 26.2 Å². The van der Waals surface area contributed by atoms with E-state index in [9.17, 15) is 4.39 Å². The normalized spacial score (nSPS) is 12.7. The molecule has 0 saturated heterocycles. The van der Waals surface area contributed by atoms with Gasteiger partial charge in [0.05, 0.1) is 6.04 Å². The summed E-state index contributed by atoms with van der Waals surface area (Å²) in [4.78, 5) is 6.36. The molecule has 0 aromatic heterocycles. The van der Waals surface area contributed by atoms with Gasteiger partial charge in [0.25, 0.3) is 0 Å². The zero-order valence-electron chi connectivity index (χ0n) is 14.6. The van der Waals surface area contributed by atoms with Crippen LogP contribution in [0.25, 0.3) is 0 Å². The Hall–Kier alpha value is -0.890. The van der Waals surface area contributed by atoms with Crippen LogP contribution in [0.1, 0.15) is 37.8 Å². The Morgan fingerprint density at radius 2 is 1.83 bits per heavy atom. The molecule has 132 valence electrons. The van der Waals surface area contributed by atoms with Crippen LogP contribution in [0.3, 0.4) is 0 Å². The summed E-state index contributed by atoms with van der Waals surface area (Å²) < 4.78 is 13.1. The quantitative estimate of drug-likeness (QED) is 0.284. The third-order valence-corrected chi connectivity index (χ3v) is 3.64. The first-order chi connectivity index (χ1) is 10.6. The minimum atomic E-state index is -0.206. The first-order valence-electron chi connectivity index (χ1n) is 7.94. The summed E-state index contributed by atoms with van der Waals surface area (Å²) in [6.45, 7) is 3.83. The molecular weight excluding hydrogens is 406 g/mol. The summed E-state index contributed by atoms with van der Waals surface area (Å²) in [6.07, 6.45) is 3.58. The Bertz CT molecular complexity index is 448. The molecule has 0 aliphatic carbocycles. The second-order valence-electron chi connectivity index (χ2n) is 5.62. The molecule has 1 rings (SSSR count). The van der Waals surface area contributed by atoms with Crippen molar-refractivity contribution in [3.63, 3.8) is 0 Å². The van der Waals surface area contributed by atoms with Crippen molar-refractivity contribution in [2.75, 3.05) is 34.2 Å². The third-order valence-electron chi connectivity index (χ3n) is 3.64. The van der Waals surface area contributed by atoms with Crippen LogP contribution < -0.4 is 10.6 Å². The van der Waals surface area contributed by atoms with Gasteiger partial charge in [-0.1, -0.05) is 31.9 Å². The topological polar surface area (TPSA) is 39.7 Å². The van der Waals surface area contributed by atoms with Crippen LogP contribution in [0.15, 0.2) is 29.3 Å². The van der Waals surface area contributed by atoms with E-state index in [1.54, 1.807) is 7.05 Å². The van der Waals surface area contributed by atoms with Gasteiger partial charge < -0.3 is 15.5 Å². The van der Waals surface area contributed by atoms with Crippen molar-refractivity contribution < 1.29 is 4.39 Å². The zero-order valence-corrected chi connectivity index (χ0v) is 16.9. The fourth-order valence-electron chi connectivity index (χ4n) is 2.28. The lowest BCUT2D eigenvalue weighted by Crippen LogP contribution is -2.42. The van der Waals surface area contributed by atoms with Gasteiger partial charge >= 0.3 is 0 Å². The first-order valence-corrected chi connectivity index (χ1v) is 7.94. The Morgan fingerprint density at radius 1 is 1.17 bits per heavy atom. The van der Waals surface area contributed by atoms with Crippen LogP contribution >= 0.6 is 24.0 Å². The lowest BCUT2D eigenvalue weighted by molar-refractivity contribution is 0.298. The number of nitrogens with one attached hydrogen (secondary N) is 2. The lowest BCUT2D eigenvalue weighted by atomic mass is 10.1. The SMILES string of the molecule is CCCCCNC(=NC)NCC(c1ccc(F)cc1)N(C)C.I. The molecule has 0 saturated carbocycles. The Balaban J connectivity index is 0.00000484. The number of hydrogen-bond acceptors (Lipinski definition) is 2. The van der Waals surface area contributed by atoms with Crippen molar-refractivity contribution in [1.29, 1.82) is 0 Å². The van der Waals surface area contributed by atoms with Gasteiger partial charge in [-0.25, -0.2) is 4.39 Å². The molecule has 0 radical (unpaired) electrons. The number of rotatable bonds is 8. The highest BCUT2D eigenvalue weighted by Gasteiger charge is 2.14. The van der Waals surface area contributed by atoms with Gasteiger partial charge in [-0.3, -0.25) is 4.99 Å². The summed E-state index contributed by atoms with van der Waals surface area (Å²) in [5.41, 5.74) is 1.08. The van der Waals surface area contributed by atoms with Crippen LogP contribution in [0.5, 0.6) is 0 Å². The van der Waals surface area contributed by atoms with Gasteiger partial charge in [-0.05, 0) is 38.2 Å². The minimum absolute atomic E-state index is 0. The van der Waals surface area contributed by atoms with Gasteiger partial charge in [-0.15, -0.1) is 24.0 Å². The smallest absolute Gasteiger partial charge is 0.191 e. The van der Waals surface area contributed by atoms with E-state index < -0.39 is 0 Å². The van der Waals surface area contributed by atoms with Crippen LogP contribution in [0, 0.1) is 5.82 Å². The molecule has 0 aliphatic heterocycles. The van der Waals surface area contributed by atoms with Crippen molar-refractivity contribution in [2.24, 2.45) is 4.99 Å². The third kappa shape index (κ3) is 8.50. The second-order valence-corrected chi connectivity index (χ2v) is 5.62. The van der Waals surface area contributed by atoms with E-state index in [-0.39, 0.29) is 35.8 Å². The van der Waals surface area contributed by atoms with Crippen molar-refractivity contribution in [3.8, 4) is 0 Å². The summed E-state index contributed by atoms with van der Waals surface area (Å²) in [6, 6.07) is 6.83. The Kier molecular flexibility index (Phi) is 12.0. The molecule has 0 bridgehead atoms. The maximum absolute atomic E-state index is 13.1. The van der Waals surface area contributed by atoms with Crippen LogP contribution in [-0.4, -0.2) is 45.1 Å². The molecule has 2 N–H and O–H groups in total. The maximum Gasteiger partial charge on any atom is 0.191 e. The van der Waals surface area contributed by atoms with Gasteiger partial charge in [-0.2, -0.15) is 0 Å². The molecule has 1 atom stereocenters. The molecule has 1 unspecified atom stereocenters. The Morgan fingerprint density at radius 3 is 2.35 bits per heavy atom. The molecular formula is C17H30FIN4. The highest BCUT2D eigenvalue weighted by molar-refractivity contribution is 14.0. The minimum Gasteiger partial charge on any atom is -0.356 e. The molecule has 0 fully saturated rings. The van der Waals surface area contributed by atoms with E-state index in [0.717, 1.165) is 24.5 Å². The fraction of sp³-hybridized carbons (Fsp3) is 0.588. The van der Waals surface area contributed by atoms with E-state index in [0.29, 0.717) is 6.54 Å². The summed E-state index contributed by atoms with van der Waals surface area (Å²) >= 11 is 0. The van der Waals surface area contributed by atoms with Crippen LogP contribution in [0.4, 0.5) is 4.39 Å². The molecule has 1 aromatic carbocycles. The maximum atomic E-state index is 13.1. The van der Waals surface area contributed by atoms with Gasteiger partial charge in [0.2, 0.25) is 0 Å². The predicted octanol–water partition coefficient (Wildman–Crippen LogP) is 3.40. The number of unbranched alkanes of at least 4 members (excludes halogenated alkanes) is 2. The van der Waals surface area contributed by atoms with E-state index in [4.69, 9.17) is 0 Å². The van der Waals surface area contributed by atoms with E-state index in [1.165, 1.54) is 25.0 Å². The van der Waals surface area contributed by atoms with Gasteiger partial charge in [0.1, 0.15) is 5.82 Å². The number of benzene rings is 1. The number of halogens is 2. The molecule has 4 nitrogen and oxygen atoms in total. The molecule has 6 heteroatoms. The molecule has 1 aromatic rings. The van der Waals surface area contributed by atoms with E-state index >= 15 is 0 Å². The summed E-state index contributed by atoms with van der Waals surface area (Å²) in [5, 5.41) is 6.66. The van der Waals surface area contributed by atoms with Crippen LogP contribution in [0.2, 0.25) is 0 Å². The number of likely N-dealkylation sites (N-methyl/N-ethyl adjacent to an activating group) is 1. The number of guanidine groups is 1. The largest absolute Gasteiger partial charge is 0.356 e. The molecule has 23 heavy (non-hydrogen) atoms. The van der Waals surface area contributed by atoms with Gasteiger partial charge in [0.15, 0.2) is 5.96 Å². The average Bonchev–Trinajstić information content (AvgIpc) is 2.51. The van der Waals surface area contributed by atoms with E-state index in [2.05, 4.69) is 27.4 Å². The number of aliphatic imine (C=N–C) groups is 1. The fourth-order valence-corrected chi connectivity index (χ4v) is 2.28. The first kappa shape index (κ1) is 22.1. The van der Waals surface area contributed by atoms with Crippen molar-refractivity contribution in [1.82, 2.24) is 15.5 Å². The Labute approximate surface area is 157 Å². The van der Waals surface area contributed by atoms with Crippen molar-refractivity contribution >= 4 is 29.9 Å². The lowest BCUT2D eigenvalue weighted by Gasteiger charge is -2.26. The number of nitrogens with zero attached hydrogens (tertiary/aromatic N) is 2. The predicted molar refractivity (Wildman–Crippen MR) is 107 cm³/mol. The molecule has 0 amide bonds. The molecule has 0 heterocycles. The second kappa shape index (κ2) is 12.5. The van der Waals surface area contributed by atoms with Gasteiger partial charge in [0, 0.05) is 20.1 Å². The highest BCUT2D eigenvalue weighted by Crippen LogP contribution is 2.17. The van der Waals surface area contributed by atoms with Crippen molar-refractivity contribution in [3.05, 3.63) is 35.6 Å². The molecule has 0 aliphatic rings. The average molecular weight is 436 g/mol. The monoisotopic (exact) mass is 436 g/mol. The summed E-state index contributed by atoms with van der Waals surface area (Å²) in [5.74, 6) is 0.604. The summed E-state index contributed by atoms with van der Waals surface area (Å²) in [7, 11) is 5.82.